The number of hydrogen-bond acceptors (Lipinski definition) is 1. The van der Waals surface area contributed by atoms with Crippen molar-refractivity contribution in [1.82, 2.24) is 0 Å². The Kier molecular flexibility index (Phi) is 4.23. The molecule has 1 heterocycles. The number of quaternary nitrogens is 1. The van der Waals surface area contributed by atoms with Crippen LogP contribution in [-0.2, 0) is 6.54 Å². The number of likely N-dealkylation sites (tertiary alicyclic amines) is 1. The molecule has 0 aromatic heterocycles. The highest BCUT2D eigenvalue weighted by Gasteiger charge is 2.14. The largest absolute Gasteiger partial charge is 0.496 e. The van der Waals surface area contributed by atoms with Crippen molar-refractivity contribution in [1.29, 1.82) is 0 Å². The molecule has 0 unspecified atom stereocenters. The van der Waals surface area contributed by atoms with Crippen molar-refractivity contribution in [2.45, 2.75) is 32.2 Å². The van der Waals surface area contributed by atoms with Gasteiger partial charge in [-0.1, -0.05) is 12.1 Å². The van der Waals surface area contributed by atoms with Gasteiger partial charge in [0.15, 0.2) is 0 Å². The third-order valence-corrected chi connectivity index (χ3v) is 3.44. The molecular weight excluding hydrogens is 198 g/mol. The average Bonchev–Trinajstić information content (AvgIpc) is 2.58. The van der Waals surface area contributed by atoms with E-state index < -0.39 is 0 Å². The highest BCUT2D eigenvalue weighted by molar-refractivity contribution is 5.32. The molecule has 0 saturated carbocycles. The maximum absolute atomic E-state index is 5.40. The normalized spacial score (nSPS) is 18.1. The van der Waals surface area contributed by atoms with Crippen LogP contribution in [0.15, 0.2) is 24.3 Å². The molecule has 1 N–H and O–H groups in total. The molecule has 2 rings (SSSR count). The summed E-state index contributed by atoms with van der Waals surface area (Å²) in [6.07, 6.45) is 5.58. The van der Waals surface area contributed by atoms with Gasteiger partial charge in [0.1, 0.15) is 12.3 Å². The highest BCUT2D eigenvalue weighted by Crippen LogP contribution is 2.16. The lowest BCUT2D eigenvalue weighted by Gasteiger charge is -2.18. The van der Waals surface area contributed by atoms with Crippen molar-refractivity contribution in [3.63, 3.8) is 0 Å². The summed E-state index contributed by atoms with van der Waals surface area (Å²) in [5, 5.41) is 0. The van der Waals surface area contributed by atoms with Gasteiger partial charge in [0.25, 0.3) is 0 Å². The second-order valence-electron chi connectivity index (χ2n) is 4.65. The Hall–Kier alpha value is -1.02. The Morgan fingerprint density at radius 1 is 1.06 bits per heavy atom. The molecule has 2 heteroatoms. The fraction of sp³-hybridized carbons (Fsp3) is 0.571. The number of benzene rings is 1. The molecule has 2 nitrogen and oxygen atoms in total. The first kappa shape index (κ1) is 11.5. The van der Waals surface area contributed by atoms with E-state index in [2.05, 4.69) is 18.2 Å². The first-order valence-corrected chi connectivity index (χ1v) is 6.35. The maximum Gasteiger partial charge on any atom is 0.127 e. The molecule has 16 heavy (non-hydrogen) atoms. The molecular formula is C14H22NO+. The van der Waals surface area contributed by atoms with Gasteiger partial charge in [-0.3, -0.25) is 0 Å². The SMILES string of the molecule is COc1ccccc1C[NH+]1CCCCCC1. The predicted molar refractivity (Wildman–Crippen MR) is 65.9 cm³/mol. The Morgan fingerprint density at radius 3 is 2.44 bits per heavy atom. The zero-order chi connectivity index (χ0) is 11.2. The zero-order valence-electron chi connectivity index (χ0n) is 10.2. The third-order valence-electron chi connectivity index (χ3n) is 3.44. The van der Waals surface area contributed by atoms with Crippen molar-refractivity contribution >= 4 is 0 Å². The molecule has 0 radical (unpaired) electrons. The molecule has 1 aliphatic heterocycles. The van der Waals surface area contributed by atoms with Gasteiger partial charge in [-0.2, -0.15) is 0 Å². The summed E-state index contributed by atoms with van der Waals surface area (Å²) < 4.78 is 5.40. The summed E-state index contributed by atoms with van der Waals surface area (Å²) in [6, 6.07) is 8.40. The van der Waals surface area contributed by atoms with Crippen LogP contribution in [0, 0.1) is 0 Å². The summed E-state index contributed by atoms with van der Waals surface area (Å²) in [5.74, 6) is 1.04. The standard InChI is InChI=1S/C14H21NO/c1-16-14-9-5-4-8-13(14)12-15-10-6-2-3-7-11-15/h4-5,8-9H,2-3,6-7,10-12H2,1H3/p+1. The van der Waals surface area contributed by atoms with Crippen LogP contribution in [0.2, 0.25) is 0 Å². The zero-order valence-corrected chi connectivity index (χ0v) is 10.2. The summed E-state index contributed by atoms with van der Waals surface area (Å²) >= 11 is 0. The third kappa shape index (κ3) is 2.99. The molecule has 88 valence electrons. The predicted octanol–water partition coefficient (Wildman–Crippen LogP) is 1.65. The summed E-state index contributed by atoms with van der Waals surface area (Å²) in [5.41, 5.74) is 1.35. The first-order valence-electron chi connectivity index (χ1n) is 6.35. The quantitative estimate of drug-likeness (QED) is 0.818. The molecule has 0 aliphatic carbocycles. The smallest absolute Gasteiger partial charge is 0.127 e. The minimum absolute atomic E-state index is 1.04. The van der Waals surface area contributed by atoms with Gasteiger partial charge in [0.2, 0.25) is 0 Å². The van der Waals surface area contributed by atoms with Gasteiger partial charge < -0.3 is 9.64 Å². The van der Waals surface area contributed by atoms with E-state index in [1.807, 2.05) is 6.07 Å². The monoisotopic (exact) mass is 220 g/mol. The van der Waals surface area contributed by atoms with Crippen LogP contribution in [0.25, 0.3) is 0 Å². The molecule has 1 aromatic carbocycles. The fourth-order valence-electron chi connectivity index (χ4n) is 2.52. The number of hydrogen-bond donors (Lipinski definition) is 1. The van der Waals surface area contributed by atoms with Crippen molar-refractivity contribution in [3.8, 4) is 5.75 Å². The van der Waals surface area contributed by atoms with Gasteiger partial charge in [0.05, 0.1) is 20.2 Å². The molecule has 0 amide bonds. The van der Waals surface area contributed by atoms with E-state index in [0.29, 0.717) is 0 Å². The minimum atomic E-state index is 1.04. The fourth-order valence-corrected chi connectivity index (χ4v) is 2.52. The van der Waals surface area contributed by atoms with Gasteiger partial charge in [-0.25, -0.2) is 0 Å². The Morgan fingerprint density at radius 2 is 1.75 bits per heavy atom. The Bertz CT molecular complexity index is 316. The first-order chi connectivity index (χ1) is 7.90. The van der Waals surface area contributed by atoms with Gasteiger partial charge in [-0.05, 0) is 37.8 Å². The maximum atomic E-state index is 5.40. The molecule has 0 spiro atoms. The highest BCUT2D eigenvalue weighted by atomic mass is 16.5. The number of ether oxygens (including phenoxy) is 1. The van der Waals surface area contributed by atoms with E-state index in [1.165, 1.54) is 44.3 Å². The second kappa shape index (κ2) is 5.90. The molecule has 1 aromatic rings. The van der Waals surface area contributed by atoms with Crippen LogP contribution in [0.3, 0.4) is 0 Å². The lowest BCUT2D eigenvalue weighted by Crippen LogP contribution is -3.10. The number of methoxy groups -OCH3 is 1. The Balaban J connectivity index is 2.01. The number of para-hydroxylation sites is 1. The van der Waals surface area contributed by atoms with Crippen molar-refractivity contribution in [2.24, 2.45) is 0 Å². The molecule has 1 aliphatic rings. The van der Waals surface area contributed by atoms with E-state index in [1.54, 1.807) is 12.0 Å². The lowest BCUT2D eigenvalue weighted by molar-refractivity contribution is -0.913. The van der Waals surface area contributed by atoms with Crippen LogP contribution >= 0.6 is 0 Å². The lowest BCUT2D eigenvalue weighted by atomic mass is 10.2. The van der Waals surface area contributed by atoms with E-state index >= 15 is 0 Å². The van der Waals surface area contributed by atoms with E-state index in [4.69, 9.17) is 4.74 Å². The van der Waals surface area contributed by atoms with E-state index in [9.17, 15) is 0 Å². The summed E-state index contributed by atoms with van der Waals surface area (Å²) in [4.78, 5) is 1.71. The average molecular weight is 220 g/mol. The molecule has 0 atom stereocenters. The van der Waals surface area contributed by atoms with Crippen LogP contribution in [0.5, 0.6) is 5.75 Å². The van der Waals surface area contributed by atoms with Gasteiger partial charge >= 0.3 is 0 Å². The topological polar surface area (TPSA) is 13.7 Å². The second-order valence-corrected chi connectivity index (χ2v) is 4.65. The van der Waals surface area contributed by atoms with Crippen LogP contribution in [0.1, 0.15) is 31.2 Å². The van der Waals surface area contributed by atoms with Gasteiger partial charge in [0, 0.05) is 5.56 Å². The molecule has 1 saturated heterocycles. The van der Waals surface area contributed by atoms with E-state index in [0.717, 1.165) is 12.3 Å². The Labute approximate surface area is 98.2 Å². The summed E-state index contributed by atoms with van der Waals surface area (Å²) in [6.45, 7) is 3.75. The molecule has 1 fully saturated rings. The van der Waals surface area contributed by atoms with Crippen molar-refractivity contribution < 1.29 is 9.64 Å². The van der Waals surface area contributed by atoms with E-state index in [-0.39, 0.29) is 0 Å². The molecule has 0 bridgehead atoms. The number of rotatable bonds is 3. The summed E-state index contributed by atoms with van der Waals surface area (Å²) in [7, 11) is 1.76. The minimum Gasteiger partial charge on any atom is -0.496 e. The van der Waals surface area contributed by atoms with Gasteiger partial charge in [-0.15, -0.1) is 0 Å². The number of nitrogens with one attached hydrogen (secondary N) is 1. The van der Waals surface area contributed by atoms with Crippen molar-refractivity contribution in [3.05, 3.63) is 29.8 Å². The van der Waals surface area contributed by atoms with Crippen LogP contribution in [-0.4, -0.2) is 20.2 Å². The van der Waals surface area contributed by atoms with Crippen LogP contribution in [0.4, 0.5) is 0 Å². The van der Waals surface area contributed by atoms with Crippen LogP contribution < -0.4 is 9.64 Å². The van der Waals surface area contributed by atoms with Crippen molar-refractivity contribution in [2.75, 3.05) is 20.2 Å².